The molecule has 130 valence electrons. The number of benzene rings is 1. The highest BCUT2D eigenvalue weighted by atomic mass is 35.5. The van der Waals surface area contributed by atoms with E-state index in [1.807, 2.05) is 0 Å². The summed E-state index contributed by atoms with van der Waals surface area (Å²) in [6, 6.07) is 5.15. The lowest BCUT2D eigenvalue weighted by atomic mass is 10.0. The number of Topliss-reactive ketones (excluding diaryl/α,β-unsaturated/α-hetero) is 1. The van der Waals surface area contributed by atoms with Crippen molar-refractivity contribution in [2.45, 2.75) is 84.0 Å². The molecule has 0 heterocycles. The van der Waals surface area contributed by atoms with Gasteiger partial charge in [-0.3, -0.25) is 4.79 Å². The first-order valence-corrected chi connectivity index (χ1v) is 9.61. The Hall–Kier alpha value is -1.02. The number of hydrogen-bond acceptors (Lipinski definition) is 2. The summed E-state index contributed by atoms with van der Waals surface area (Å²) in [6.07, 6.45) is 14.9. The van der Waals surface area contributed by atoms with Crippen LogP contribution in [0.5, 0.6) is 0 Å². The van der Waals surface area contributed by atoms with Gasteiger partial charge in [0.1, 0.15) is 0 Å². The first kappa shape index (κ1) is 20.0. The highest BCUT2D eigenvalue weighted by Crippen LogP contribution is 2.21. The minimum Gasteiger partial charge on any atom is -0.398 e. The molecule has 3 heteroatoms. The van der Waals surface area contributed by atoms with Crippen molar-refractivity contribution in [2.75, 3.05) is 5.73 Å². The summed E-state index contributed by atoms with van der Waals surface area (Å²) in [6.45, 7) is 2.26. The molecule has 0 atom stereocenters. The molecule has 0 spiro atoms. The van der Waals surface area contributed by atoms with E-state index in [1.165, 1.54) is 57.8 Å². The van der Waals surface area contributed by atoms with Crippen LogP contribution >= 0.6 is 11.6 Å². The Labute approximate surface area is 146 Å². The third-order valence-electron chi connectivity index (χ3n) is 4.33. The second-order valence-electron chi connectivity index (χ2n) is 6.45. The number of nitrogen functional groups attached to an aromatic ring is 1. The van der Waals surface area contributed by atoms with E-state index in [0.29, 0.717) is 22.7 Å². The fraction of sp³-hybridized carbons (Fsp3) is 0.650. The van der Waals surface area contributed by atoms with Crippen molar-refractivity contribution in [1.29, 1.82) is 0 Å². The molecule has 1 aromatic rings. The van der Waals surface area contributed by atoms with E-state index in [0.717, 1.165) is 12.8 Å². The summed E-state index contributed by atoms with van der Waals surface area (Å²) < 4.78 is 0. The van der Waals surface area contributed by atoms with Gasteiger partial charge in [0, 0.05) is 12.0 Å². The molecule has 0 fully saturated rings. The lowest BCUT2D eigenvalue weighted by molar-refractivity contribution is 0.0979. The molecule has 0 unspecified atom stereocenters. The van der Waals surface area contributed by atoms with E-state index >= 15 is 0 Å². The highest BCUT2D eigenvalue weighted by Gasteiger charge is 2.07. The van der Waals surface area contributed by atoms with E-state index in [9.17, 15) is 4.79 Å². The van der Waals surface area contributed by atoms with Crippen molar-refractivity contribution < 1.29 is 4.79 Å². The van der Waals surface area contributed by atoms with Gasteiger partial charge in [-0.15, -0.1) is 0 Å². The summed E-state index contributed by atoms with van der Waals surface area (Å²) in [7, 11) is 0. The molecule has 0 aliphatic rings. The maximum absolute atomic E-state index is 12.1. The molecule has 2 nitrogen and oxygen atoms in total. The molecule has 0 radical (unpaired) electrons. The molecule has 1 aromatic carbocycles. The monoisotopic (exact) mass is 337 g/mol. The van der Waals surface area contributed by atoms with Gasteiger partial charge in [-0.05, 0) is 24.6 Å². The number of anilines is 1. The Bertz CT molecular complexity index is 459. The Balaban J connectivity index is 2.00. The number of carbonyl (C=O) groups excluding carboxylic acids is 1. The van der Waals surface area contributed by atoms with Crippen LogP contribution < -0.4 is 5.73 Å². The smallest absolute Gasteiger partial charge is 0.162 e. The minimum absolute atomic E-state index is 0.171. The van der Waals surface area contributed by atoms with Gasteiger partial charge in [-0.1, -0.05) is 82.7 Å². The quantitative estimate of drug-likeness (QED) is 0.244. The first-order valence-electron chi connectivity index (χ1n) is 9.23. The van der Waals surface area contributed by atoms with Crippen LogP contribution in [0, 0.1) is 0 Å². The van der Waals surface area contributed by atoms with Crippen molar-refractivity contribution in [3.8, 4) is 0 Å². The first-order chi connectivity index (χ1) is 11.1. The predicted octanol–water partition coefficient (Wildman–Crippen LogP) is 6.81. The van der Waals surface area contributed by atoms with Gasteiger partial charge in [0.15, 0.2) is 5.78 Å². The molecule has 0 amide bonds. The number of carbonyl (C=O) groups is 1. The summed E-state index contributed by atoms with van der Waals surface area (Å²) in [5.41, 5.74) is 6.90. The largest absolute Gasteiger partial charge is 0.398 e. The molecule has 0 aliphatic carbocycles. The molecule has 2 N–H and O–H groups in total. The Kier molecular flexibility index (Phi) is 10.8. The second kappa shape index (κ2) is 12.4. The van der Waals surface area contributed by atoms with Crippen molar-refractivity contribution in [1.82, 2.24) is 0 Å². The van der Waals surface area contributed by atoms with Crippen LogP contribution in [-0.4, -0.2) is 5.78 Å². The SMILES string of the molecule is CCCCCCCCCCCCCC(=O)c1ccc(Cl)c(N)c1. The van der Waals surface area contributed by atoms with E-state index < -0.39 is 0 Å². The number of nitrogens with two attached hydrogens (primary N) is 1. The Morgan fingerprint density at radius 1 is 0.913 bits per heavy atom. The molecule has 23 heavy (non-hydrogen) atoms. The zero-order valence-corrected chi connectivity index (χ0v) is 15.3. The topological polar surface area (TPSA) is 43.1 Å². The van der Waals surface area contributed by atoms with E-state index in [1.54, 1.807) is 18.2 Å². The summed E-state index contributed by atoms with van der Waals surface area (Å²) in [4.78, 5) is 12.1. The van der Waals surface area contributed by atoms with Crippen LogP contribution in [0.2, 0.25) is 5.02 Å². The average Bonchev–Trinajstić information content (AvgIpc) is 2.55. The standard InChI is InChI=1S/C20H32ClNO/c1-2-3-4-5-6-7-8-9-10-11-12-13-20(23)17-14-15-18(21)19(22)16-17/h14-16H,2-13,22H2,1H3. The number of rotatable bonds is 13. The fourth-order valence-electron chi connectivity index (χ4n) is 2.81. The highest BCUT2D eigenvalue weighted by molar-refractivity contribution is 6.33. The van der Waals surface area contributed by atoms with Crippen molar-refractivity contribution in [2.24, 2.45) is 0 Å². The number of unbranched alkanes of at least 4 members (excludes halogenated alkanes) is 10. The number of hydrogen-bond donors (Lipinski definition) is 1. The van der Waals surface area contributed by atoms with Crippen molar-refractivity contribution in [3.05, 3.63) is 28.8 Å². The molecule has 0 saturated heterocycles. The number of ketones is 1. The zero-order chi connectivity index (χ0) is 16.9. The normalized spacial score (nSPS) is 10.9. The van der Waals surface area contributed by atoms with Gasteiger partial charge in [-0.2, -0.15) is 0 Å². The molecular formula is C20H32ClNO. The number of halogens is 1. The Morgan fingerprint density at radius 3 is 1.96 bits per heavy atom. The van der Waals surface area contributed by atoms with Crippen molar-refractivity contribution >= 4 is 23.1 Å². The van der Waals surface area contributed by atoms with Gasteiger partial charge in [0.25, 0.3) is 0 Å². The lowest BCUT2D eigenvalue weighted by Crippen LogP contribution is -2.00. The second-order valence-corrected chi connectivity index (χ2v) is 6.85. The molecule has 0 aliphatic heterocycles. The molecular weight excluding hydrogens is 306 g/mol. The molecule has 0 aromatic heterocycles. The summed E-state index contributed by atoms with van der Waals surface area (Å²) in [5, 5.41) is 0.510. The lowest BCUT2D eigenvalue weighted by Gasteiger charge is -2.04. The van der Waals surface area contributed by atoms with Crippen LogP contribution in [0.15, 0.2) is 18.2 Å². The summed E-state index contributed by atoms with van der Waals surface area (Å²) >= 11 is 5.87. The van der Waals surface area contributed by atoms with Crippen LogP contribution in [0.1, 0.15) is 94.3 Å². The molecule has 0 saturated carbocycles. The fourth-order valence-corrected chi connectivity index (χ4v) is 2.93. The van der Waals surface area contributed by atoms with Crippen LogP contribution in [-0.2, 0) is 0 Å². The van der Waals surface area contributed by atoms with Crippen molar-refractivity contribution in [3.63, 3.8) is 0 Å². The van der Waals surface area contributed by atoms with Gasteiger partial charge in [-0.25, -0.2) is 0 Å². The van der Waals surface area contributed by atoms with E-state index in [2.05, 4.69) is 6.92 Å². The Morgan fingerprint density at radius 2 is 1.43 bits per heavy atom. The zero-order valence-electron chi connectivity index (χ0n) is 14.6. The van der Waals surface area contributed by atoms with Crippen LogP contribution in [0.4, 0.5) is 5.69 Å². The van der Waals surface area contributed by atoms with Gasteiger partial charge in [0.2, 0.25) is 0 Å². The predicted molar refractivity (Wildman–Crippen MR) is 101 cm³/mol. The molecule has 0 bridgehead atoms. The third kappa shape index (κ3) is 9.00. The van der Waals surface area contributed by atoms with Gasteiger partial charge in [0.05, 0.1) is 10.7 Å². The molecule has 1 rings (SSSR count). The van der Waals surface area contributed by atoms with E-state index in [-0.39, 0.29) is 5.78 Å². The van der Waals surface area contributed by atoms with Crippen LogP contribution in [0.25, 0.3) is 0 Å². The van der Waals surface area contributed by atoms with Gasteiger partial charge >= 0.3 is 0 Å². The maximum Gasteiger partial charge on any atom is 0.162 e. The summed E-state index contributed by atoms with van der Waals surface area (Å²) in [5.74, 6) is 0.171. The van der Waals surface area contributed by atoms with E-state index in [4.69, 9.17) is 17.3 Å². The maximum atomic E-state index is 12.1. The third-order valence-corrected chi connectivity index (χ3v) is 4.67. The van der Waals surface area contributed by atoms with Crippen LogP contribution in [0.3, 0.4) is 0 Å². The average molecular weight is 338 g/mol. The minimum atomic E-state index is 0.171. The van der Waals surface area contributed by atoms with Gasteiger partial charge < -0.3 is 5.73 Å².